The first kappa shape index (κ1) is 14.3. The number of aromatic nitrogens is 3. The molecule has 1 saturated carbocycles. The number of hydrogen-bond acceptors (Lipinski definition) is 5. The first-order valence-electron chi connectivity index (χ1n) is 6.39. The Balaban J connectivity index is 1.79. The lowest BCUT2D eigenvalue weighted by Gasteiger charge is -2.35. The van der Waals surface area contributed by atoms with E-state index in [1.165, 1.54) is 10.9 Å². The van der Waals surface area contributed by atoms with Crippen LogP contribution < -0.4 is 5.32 Å². The number of aromatic carboxylic acids is 1. The molecule has 20 heavy (non-hydrogen) atoms. The molecule has 0 aromatic carbocycles. The molecule has 8 nitrogen and oxygen atoms in total. The standard InChI is InChI=1S/C12H18N4O4/c1-12(2,3)20-11(19)13-7-4-8(5-7)16-6-9(10(17)18)14-15-16/h6-8H,4-5H2,1-3H3,(H,13,19)(H,17,18). The van der Waals surface area contributed by atoms with Crippen LogP contribution in [0.2, 0.25) is 0 Å². The minimum absolute atomic E-state index is 0.0207. The Morgan fingerprint density at radius 3 is 2.60 bits per heavy atom. The van der Waals surface area contributed by atoms with Crippen molar-refractivity contribution in [1.29, 1.82) is 0 Å². The number of nitrogens with zero attached hydrogens (tertiary/aromatic N) is 3. The Bertz CT molecular complexity index is 514. The van der Waals surface area contributed by atoms with E-state index < -0.39 is 17.7 Å². The lowest BCUT2D eigenvalue weighted by atomic mass is 9.87. The van der Waals surface area contributed by atoms with Gasteiger partial charge in [0.25, 0.3) is 0 Å². The van der Waals surface area contributed by atoms with Gasteiger partial charge in [0.2, 0.25) is 0 Å². The number of ether oxygens (including phenoxy) is 1. The average molecular weight is 282 g/mol. The number of carbonyl (C=O) groups is 2. The Labute approximate surface area is 116 Å². The van der Waals surface area contributed by atoms with Crippen LogP contribution in [0.15, 0.2) is 6.20 Å². The van der Waals surface area contributed by atoms with E-state index in [0.29, 0.717) is 12.8 Å². The summed E-state index contributed by atoms with van der Waals surface area (Å²) < 4.78 is 6.68. The topological polar surface area (TPSA) is 106 Å². The third-order valence-electron chi connectivity index (χ3n) is 2.94. The summed E-state index contributed by atoms with van der Waals surface area (Å²) in [6, 6.07) is 0.0860. The van der Waals surface area contributed by atoms with Crippen molar-refractivity contribution in [2.45, 2.75) is 51.3 Å². The van der Waals surface area contributed by atoms with E-state index in [2.05, 4.69) is 15.6 Å². The number of rotatable bonds is 3. The van der Waals surface area contributed by atoms with E-state index >= 15 is 0 Å². The number of carboxylic acid groups (broad SMARTS) is 1. The molecule has 0 saturated heterocycles. The van der Waals surface area contributed by atoms with Gasteiger partial charge in [-0.15, -0.1) is 5.10 Å². The number of carboxylic acids is 1. The zero-order chi connectivity index (χ0) is 14.9. The summed E-state index contributed by atoms with van der Waals surface area (Å²) in [5.41, 5.74) is -0.594. The molecule has 0 atom stereocenters. The Morgan fingerprint density at radius 1 is 1.45 bits per heavy atom. The quantitative estimate of drug-likeness (QED) is 0.862. The van der Waals surface area contributed by atoms with E-state index in [-0.39, 0.29) is 17.8 Å². The van der Waals surface area contributed by atoms with Gasteiger partial charge in [0, 0.05) is 6.04 Å². The third-order valence-corrected chi connectivity index (χ3v) is 2.94. The summed E-state index contributed by atoms with van der Waals surface area (Å²) in [4.78, 5) is 22.2. The van der Waals surface area contributed by atoms with Crippen LogP contribution in [0.3, 0.4) is 0 Å². The lowest BCUT2D eigenvalue weighted by Crippen LogP contribution is -2.46. The second kappa shape index (κ2) is 5.10. The number of amides is 1. The largest absolute Gasteiger partial charge is 0.476 e. The van der Waals surface area contributed by atoms with Gasteiger partial charge in [0.15, 0.2) is 5.69 Å². The van der Waals surface area contributed by atoms with Gasteiger partial charge in [-0.3, -0.25) is 0 Å². The second-order valence-electron chi connectivity index (χ2n) is 5.86. The highest BCUT2D eigenvalue weighted by atomic mass is 16.6. The number of nitrogens with one attached hydrogen (secondary N) is 1. The zero-order valence-electron chi connectivity index (χ0n) is 11.7. The Hall–Kier alpha value is -2.12. The second-order valence-corrected chi connectivity index (χ2v) is 5.86. The normalized spacial score (nSPS) is 21.9. The molecular formula is C12H18N4O4. The monoisotopic (exact) mass is 282 g/mol. The first-order valence-corrected chi connectivity index (χ1v) is 6.39. The fourth-order valence-electron chi connectivity index (χ4n) is 1.95. The van der Waals surface area contributed by atoms with Crippen molar-refractivity contribution >= 4 is 12.1 Å². The number of carbonyl (C=O) groups excluding carboxylic acids is 1. The van der Waals surface area contributed by atoms with Crippen molar-refractivity contribution in [2.24, 2.45) is 0 Å². The minimum Gasteiger partial charge on any atom is -0.476 e. The van der Waals surface area contributed by atoms with E-state index in [1.54, 1.807) is 20.8 Å². The molecule has 0 spiro atoms. The van der Waals surface area contributed by atoms with Crippen molar-refractivity contribution in [2.75, 3.05) is 0 Å². The summed E-state index contributed by atoms with van der Waals surface area (Å²) in [6.07, 6.45) is 2.32. The molecule has 1 aliphatic rings. The number of hydrogen-bond donors (Lipinski definition) is 2. The average Bonchev–Trinajstić information content (AvgIpc) is 2.68. The van der Waals surface area contributed by atoms with Crippen LogP contribution in [0.25, 0.3) is 0 Å². The fourth-order valence-corrected chi connectivity index (χ4v) is 1.95. The van der Waals surface area contributed by atoms with Gasteiger partial charge in [-0.25, -0.2) is 14.3 Å². The highest BCUT2D eigenvalue weighted by Gasteiger charge is 2.33. The highest BCUT2D eigenvalue weighted by Crippen LogP contribution is 2.31. The van der Waals surface area contributed by atoms with Crippen LogP contribution in [0.1, 0.15) is 50.1 Å². The van der Waals surface area contributed by atoms with Crippen LogP contribution in [0, 0.1) is 0 Å². The molecule has 0 radical (unpaired) electrons. The van der Waals surface area contributed by atoms with E-state index in [1.807, 2.05) is 0 Å². The van der Waals surface area contributed by atoms with Crippen LogP contribution in [-0.2, 0) is 4.74 Å². The van der Waals surface area contributed by atoms with Crippen molar-refractivity contribution < 1.29 is 19.4 Å². The van der Waals surface area contributed by atoms with Gasteiger partial charge < -0.3 is 15.2 Å². The summed E-state index contributed by atoms with van der Waals surface area (Å²) in [6.45, 7) is 5.41. The van der Waals surface area contributed by atoms with E-state index in [0.717, 1.165) is 0 Å². The van der Waals surface area contributed by atoms with Gasteiger partial charge in [0.05, 0.1) is 12.2 Å². The van der Waals surface area contributed by atoms with E-state index in [4.69, 9.17) is 9.84 Å². The predicted octanol–water partition coefficient (Wildman–Crippen LogP) is 1.20. The van der Waals surface area contributed by atoms with Crippen molar-refractivity contribution in [3.05, 3.63) is 11.9 Å². The molecule has 8 heteroatoms. The minimum atomic E-state index is -1.10. The van der Waals surface area contributed by atoms with Gasteiger partial charge in [-0.2, -0.15) is 0 Å². The molecule has 1 heterocycles. The van der Waals surface area contributed by atoms with Gasteiger partial charge in [-0.1, -0.05) is 5.21 Å². The summed E-state index contributed by atoms with van der Waals surface area (Å²) >= 11 is 0. The molecule has 110 valence electrons. The Morgan fingerprint density at radius 2 is 2.10 bits per heavy atom. The predicted molar refractivity (Wildman–Crippen MR) is 68.4 cm³/mol. The first-order chi connectivity index (χ1) is 9.24. The molecule has 2 N–H and O–H groups in total. The summed E-state index contributed by atoms with van der Waals surface area (Å²) in [5.74, 6) is -1.10. The van der Waals surface area contributed by atoms with Crippen molar-refractivity contribution in [1.82, 2.24) is 20.3 Å². The lowest BCUT2D eigenvalue weighted by molar-refractivity contribution is 0.0452. The molecular weight excluding hydrogens is 264 g/mol. The van der Waals surface area contributed by atoms with Crippen LogP contribution >= 0.6 is 0 Å². The van der Waals surface area contributed by atoms with Gasteiger partial charge in [-0.05, 0) is 33.6 Å². The molecule has 0 unspecified atom stereocenters. The zero-order valence-corrected chi connectivity index (χ0v) is 11.7. The molecule has 2 rings (SSSR count). The maximum Gasteiger partial charge on any atom is 0.407 e. The molecule has 1 aromatic heterocycles. The fraction of sp³-hybridized carbons (Fsp3) is 0.667. The molecule has 1 aliphatic carbocycles. The summed E-state index contributed by atoms with van der Waals surface area (Å²) in [5, 5.41) is 18.9. The van der Waals surface area contributed by atoms with Crippen molar-refractivity contribution in [3.63, 3.8) is 0 Å². The number of alkyl carbamates (subject to hydrolysis) is 1. The molecule has 0 bridgehead atoms. The maximum atomic E-state index is 11.6. The van der Waals surface area contributed by atoms with Gasteiger partial charge in [0.1, 0.15) is 5.60 Å². The van der Waals surface area contributed by atoms with Crippen molar-refractivity contribution in [3.8, 4) is 0 Å². The Kier molecular flexibility index (Phi) is 3.65. The SMILES string of the molecule is CC(C)(C)OC(=O)NC1CC(n2cc(C(=O)O)nn2)C1. The highest BCUT2D eigenvalue weighted by molar-refractivity contribution is 5.84. The van der Waals surface area contributed by atoms with E-state index in [9.17, 15) is 9.59 Å². The molecule has 0 aliphatic heterocycles. The summed E-state index contributed by atoms with van der Waals surface area (Å²) in [7, 11) is 0. The maximum absolute atomic E-state index is 11.6. The van der Waals surface area contributed by atoms with Crippen LogP contribution in [-0.4, -0.2) is 43.8 Å². The molecule has 1 aromatic rings. The van der Waals surface area contributed by atoms with Gasteiger partial charge >= 0.3 is 12.1 Å². The molecule has 1 fully saturated rings. The third kappa shape index (κ3) is 3.46. The molecule has 1 amide bonds. The smallest absolute Gasteiger partial charge is 0.407 e. The van der Waals surface area contributed by atoms with Crippen LogP contribution in [0.4, 0.5) is 4.79 Å². The van der Waals surface area contributed by atoms with Crippen LogP contribution in [0.5, 0.6) is 0 Å².